The summed E-state index contributed by atoms with van der Waals surface area (Å²) in [4.78, 5) is 10.4. The summed E-state index contributed by atoms with van der Waals surface area (Å²) in [5.74, 6) is 0. The molecule has 7 heteroatoms. The lowest BCUT2D eigenvalue weighted by Crippen LogP contribution is -2.08. The minimum atomic E-state index is 0.598. The standard InChI is InChI=1S/C18H18N6O/c1-24(2)18-22-15-6-5-14(8-16(15)25-18)20-10-13-11-21-23-17(13)12-4-3-7-19-9-12/h3-9,11,20H,10H2,1-2H3,(H,21,23). The molecule has 0 saturated heterocycles. The largest absolute Gasteiger partial charge is 0.423 e. The molecule has 3 aromatic heterocycles. The summed E-state index contributed by atoms with van der Waals surface area (Å²) in [6.07, 6.45) is 5.40. The number of hydrogen-bond acceptors (Lipinski definition) is 6. The van der Waals surface area contributed by atoms with Crippen LogP contribution in [0.1, 0.15) is 5.56 Å². The Morgan fingerprint density at radius 3 is 2.92 bits per heavy atom. The van der Waals surface area contributed by atoms with Crippen LogP contribution in [-0.2, 0) is 6.54 Å². The van der Waals surface area contributed by atoms with E-state index in [0.717, 1.165) is 33.6 Å². The molecule has 0 aliphatic carbocycles. The second kappa shape index (κ2) is 6.27. The monoisotopic (exact) mass is 334 g/mol. The Morgan fingerprint density at radius 1 is 1.20 bits per heavy atom. The summed E-state index contributed by atoms with van der Waals surface area (Å²) in [5, 5.41) is 10.6. The first kappa shape index (κ1) is 15.2. The summed E-state index contributed by atoms with van der Waals surface area (Å²) in [5.41, 5.74) is 5.61. The number of benzene rings is 1. The molecule has 126 valence electrons. The van der Waals surface area contributed by atoms with Crippen LogP contribution in [0.15, 0.2) is 53.3 Å². The first-order valence-corrected chi connectivity index (χ1v) is 7.95. The zero-order valence-electron chi connectivity index (χ0n) is 14.0. The Bertz CT molecular complexity index is 989. The van der Waals surface area contributed by atoms with Gasteiger partial charge >= 0.3 is 0 Å². The number of hydrogen-bond donors (Lipinski definition) is 2. The maximum atomic E-state index is 5.75. The Morgan fingerprint density at radius 2 is 2.12 bits per heavy atom. The number of H-pyrrole nitrogens is 1. The SMILES string of the molecule is CN(C)c1nc2ccc(NCc3cn[nH]c3-c3cccnc3)cc2o1. The van der Waals surface area contributed by atoms with Crippen LogP contribution in [0.5, 0.6) is 0 Å². The van der Waals surface area contributed by atoms with Crippen molar-refractivity contribution in [3.8, 4) is 11.3 Å². The first-order valence-electron chi connectivity index (χ1n) is 7.95. The number of oxazole rings is 1. The average Bonchev–Trinajstić information content (AvgIpc) is 3.27. The minimum absolute atomic E-state index is 0.598. The van der Waals surface area contributed by atoms with Crippen LogP contribution in [0.4, 0.5) is 11.7 Å². The molecule has 7 nitrogen and oxygen atoms in total. The first-order chi connectivity index (χ1) is 12.2. The minimum Gasteiger partial charge on any atom is -0.423 e. The van der Waals surface area contributed by atoms with Crippen molar-refractivity contribution in [2.75, 3.05) is 24.3 Å². The number of aromatic nitrogens is 4. The molecule has 3 heterocycles. The summed E-state index contributed by atoms with van der Waals surface area (Å²) >= 11 is 0. The second-order valence-electron chi connectivity index (χ2n) is 5.94. The molecule has 4 rings (SSSR count). The van der Waals surface area contributed by atoms with Crippen molar-refractivity contribution in [3.63, 3.8) is 0 Å². The highest BCUT2D eigenvalue weighted by molar-refractivity contribution is 5.78. The smallest absolute Gasteiger partial charge is 0.297 e. The molecule has 0 unspecified atom stereocenters. The van der Waals surface area contributed by atoms with Crippen LogP contribution in [-0.4, -0.2) is 34.3 Å². The van der Waals surface area contributed by atoms with Crippen molar-refractivity contribution in [3.05, 3.63) is 54.5 Å². The van der Waals surface area contributed by atoms with Gasteiger partial charge in [0, 0.05) is 55.9 Å². The number of rotatable bonds is 5. The molecule has 1 aromatic carbocycles. The number of anilines is 2. The fraction of sp³-hybridized carbons (Fsp3) is 0.167. The van der Waals surface area contributed by atoms with E-state index in [1.165, 1.54) is 0 Å². The van der Waals surface area contributed by atoms with Gasteiger partial charge in [0.15, 0.2) is 5.58 Å². The van der Waals surface area contributed by atoms with Crippen LogP contribution >= 0.6 is 0 Å². The van der Waals surface area contributed by atoms with Crippen LogP contribution in [0.3, 0.4) is 0 Å². The van der Waals surface area contributed by atoms with Crippen LogP contribution < -0.4 is 10.2 Å². The fourth-order valence-corrected chi connectivity index (χ4v) is 2.62. The molecule has 25 heavy (non-hydrogen) atoms. The van der Waals surface area contributed by atoms with Gasteiger partial charge in [0.2, 0.25) is 0 Å². The lowest BCUT2D eigenvalue weighted by atomic mass is 10.1. The van der Waals surface area contributed by atoms with Gasteiger partial charge in [-0.05, 0) is 24.3 Å². The molecule has 0 fully saturated rings. The Labute approximate surface area is 144 Å². The van der Waals surface area contributed by atoms with Crippen LogP contribution in [0.2, 0.25) is 0 Å². The summed E-state index contributed by atoms with van der Waals surface area (Å²) < 4.78 is 5.75. The van der Waals surface area contributed by atoms with Gasteiger partial charge in [0.1, 0.15) is 5.52 Å². The molecule has 0 radical (unpaired) electrons. The van der Waals surface area contributed by atoms with E-state index < -0.39 is 0 Å². The predicted molar refractivity (Wildman–Crippen MR) is 97.5 cm³/mol. The number of nitrogens with zero attached hydrogens (tertiary/aromatic N) is 4. The maximum Gasteiger partial charge on any atom is 0.297 e. The summed E-state index contributed by atoms with van der Waals surface area (Å²) in [6.45, 7) is 0.640. The molecule has 4 aromatic rings. The topological polar surface area (TPSA) is 82.9 Å². The zero-order chi connectivity index (χ0) is 17.2. The maximum absolute atomic E-state index is 5.75. The molecule has 0 atom stereocenters. The normalized spacial score (nSPS) is 11.0. The highest BCUT2D eigenvalue weighted by Crippen LogP contribution is 2.25. The highest BCUT2D eigenvalue weighted by Gasteiger charge is 2.10. The lowest BCUT2D eigenvalue weighted by Gasteiger charge is -2.07. The highest BCUT2D eigenvalue weighted by atomic mass is 16.4. The molecule has 0 bridgehead atoms. The lowest BCUT2D eigenvalue weighted by molar-refractivity contribution is 0.597. The van der Waals surface area contributed by atoms with E-state index in [1.54, 1.807) is 6.20 Å². The summed E-state index contributed by atoms with van der Waals surface area (Å²) in [7, 11) is 3.81. The van der Waals surface area contributed by atoms with Gasteiger partial charge < -0.3 is 14.6 Å². The predicted octanol–water partition coefficient (Wildman–Crippen LogP) is 3.29. The van der Waals surface area contributed by atoms with E-state index in [-0.39, 0.29) is 0 Å². The van der Waals surface area contributed by atoms with Gasteiger partial charge in [0.25, 0.3) is 6.01 Å². The third kappa shape index (κ3) is 3.03. The van der Waals surface area contributed by atoms with E-state index in [1.807, 2.05) is 61.7 Å². The molecule has 0 aliphatic rings. The van der Waals surface area contributed by atoms with Gasteiger partial charge in [-0.2, -0.15) is 10.1 Å². The fourth-order valence-electron chi connectivity index (χ4n) is 2.62. The molecular weight excluding hydrogens is 316 g/mol. The van der Waals surface area contributed by atoms with Gasteiger partial charge in [-0.3, -0.25) is 10.1 Å². The average molecular weight is 334 g/mol. The molecule has 2 N–H and O–H groups in total. The molecule has 0 aliphatic heterocycles. The Kier molecular flexibility index (Phi) is 3.81. The van der Waals surface area contributed by atoms with E-state index in [9.17, 15) is 0 Å². The second-order valence-corrected chi connectivity index (χ2v) is 5.94. The van der Waals surface area contributed by atoms with E-state index >= 15 is 0 Å². The zero-order valence-corrected chi connectivity index (χ0v) is 14.0. The van der Waals surface area contributed by atoms with E-state index in [0.29, 0.717) is 12.6 Å². The molecule has 0 saturated carbocycles. The van der Waals surface area contributed by atoms with Crippen molar-refractivity contribution >= 4 is 22.8 Å². The number of pyridine rings is 1. The van der Waals surface area contributed by atoms with Gasteiger partial charge in [-0.15, -0.1) is 0 Å². The van der Waals surface area contributed by atoms with Crippen molar-refractivity contribution in [2.24, 2.45) is 0 Å². The van der Waals surface area contributed by atoms with Crippen molar-refractivity contribution < 1.29 is 4.42 Å². The van der Waals surface area contributed by atoms with E-state index in [2.05, 4.69) is 25.5 Å². The van der Waals surface area contributed by atoms with Gasteiger partial charge in [-0.1, -0.05) is 0 Å². The third-order valence-corrected chi connectivity index (χ3v) is 3.91. The van der Waals surface area contributed by atoms with Crippen LogP contribution in [0, 0.1) is 0 Å². The van der Waals surface area contributed by atoms with Gasteiger partial charge in [0.05, 0.1) is 11.9 Å². The number of fused-ring (bicyclic) bond motifs is 1. The number of nitrogens with one attached hydrogen (secondary N) is 2. The van der Waals surface area contributed by atoms with Crippen molar-refractivity contribution in [1.82, 2.24) is 20.2 Å². The summed E-state index contributed by atoms with van der Waals surface area (Å²) in [6, 6.07) is 10.4. The van der Waals surface area contributed by atoms with Gasteiger partial charge in [-0.25, -0.2) is 0 Å². The molecule has 0 spiro atoms. The van der Waals surface area contributed by atoms with Crippen molar-refractivity contribution in [2.45, 2.75) is 6.54 Å². The number of aromatic amines is 1. The van der Waals surface area contributed by atoms with Crippen LogP contribution in [0.25, 0.3) is 22.4 Å². The quantitative estimate of drug-likeness (QED) is 0.583. The molecular formula is C18H18N6O. The Balaban J connectivity index is 1.54. The Hall–Kier alpha value is -3.35. The third-order valence-electron chi connectivity index (χ3n) is 3.91. The van der Waals surface area contributed by atoms with Crippen molar-refractivity contribution in [1.29, 1.82) is 0 Å². The van der Waals surface area contributed by atoms with E-state index in [4.69, 9.17) is 4.42 Å². The molecule has 0 amide bonds.